The van der Waals surface area contributed by atoms with Crippen LogP contribution in [0, 0.1) is 18.3 Å². The molecule has 0 aliphatic carbocycles. The number of methoxy groups -OCH3 is 1. The van der Waals surface area contributed by atoms with E-state index in [1.165, 1.54) is 5.56 Å². The molecule has 0 unspecified atom stereocenters. The number of benzene rings is 2. The molecule has 0 amide bonds. The summed E-state index contributed by atoms with van der Waals surface area (Å²) >= 11 is 0. The van der Waals surface area contributed by atoms with E-state index in [4.69, 9.17) is 10.00 Å². The Morgan fingerprint density at radius 3 is 2.50 bits per heavy atom. The normalized spacial score (nSPS) is 9.85. The van der Waals surface area contributed by atoms with Crippen LogP contribution in [0.3, 0.4) is 0 Å². The van der Waals surface area contributed by atoms with Crippen LogP contribution in [0.2, 0.25) is 0 Å². The molecule has 0 heterocycles. The number of ether oxygens (including phenoxy) is 1. The summed E-state index contributed by atoms with van der Waals surface area (Å²) in [5.74, 6) is 0.879. The van der Waals surface area contributed by atoms with Crippen molar-refractivity contribution < 1.29 is 4.74 Å². The zero-order valence-corrected chi connectivity index (χ0v) is 11.8. The van der Waals surface area contributed by atoms with E-state index >= 15 is 0 Å². The molecular formula is C17H18N2O. The lowest BCUT2D eigenvalue weighted by Gasteiger charge is -2.08. The van der Waals surface area contributed by atoms with Crippen LogP contribution in [-0.4, -0.2) is 13.7 Å². The van der Waals surface area contributed by atoms with Crippen LogP contribution in [0.25, 0.3) is 0 Å². The van der Waals surface area contributed by atoms with Gasteiger partial charge in [-0.2, -0.15) is 5.26 Å². The van der Waals surface area contributed by atoms with Gasteiger partial charge in [0, 0.05) is 12.2 Å². The van der Waals surface area contributed by atoms with Crippen molar-refractivity contribution in [1.29, 1.82) is 5.26 Å². The van der Waals surface area contributed by atoms with Crippen molar-refractivity contribution in [3.8, 4) is 11.8 Å². The van der Waals surface area contributed by atoms with Crippen LogP contribution in [0.1, 0.15) is 16.7 Å². The third-order valence-electron chi connectivity index (χ3n) is 3.25. The Hall–Kier alpha value is -2.47. The van der Waals surface area contributed by atoms with Crippen molar-refractivity contribution in [1.82, 2.24) is 0 Å². The van der Waals surface area contributed by atoms with Crippen LogP contribution in [0.4, 0.5) is 5.69 Å². The molecule has 1 N–H and O–H groups in total. The Morgan fingerprint density at radius 1 is 1.15 bits per heavy atom. The highest BCUT2D eigenvalue weighted by Gasteiger charge is 1.99. The SMILES string of the molecule is COc1ccc(CCNc2ccc(C#N)c(C)c2)cc1. The molecule has 2 rings (SSSR count). The summed E-state index contributed by atoms with van der Waals surface area (Å²) in [6.07, 6.45) is 0.947. The number of aryl methyl sites for hydroxylation is 1. The van der Waals surface area contributed by atoms with E-state index in [-0.39, 0.29) is 0 Å². The molecule has 0 atom stereocenters. The number of rotatable bonds is 5. The van der Waals surface area contributed by atoms with Crippen molar-refractivity contribution in [2.45, 2.75) is 13.3 Å². The van der Waals surface area contributed by atoms with Gasteiger partial charge in [-0.1, -0.05) is 12.1 Å². The Balaban J connectivity index is 1.89. The van der Waals surface area contributed by atoms with Gasteiger partial charge >= 0.3 is 0 Å². The third-order valence-corrected chi connectivity index (χ3v) is 3.25. The lowest BCUT2D eigenvalue weighted by atomic mass is 10.1. The van der Waals surface area contributed by atoms with Gasteiger partial charge in [0.15, 0.2) is 0 Å². The molecule has 2 aromatic carbocycles. The first kappa shape index (κ1) is 14.0. The van der Waals surface area contributed by atoms with Gasteiger partial charge in [-0.25, -0.2) is 0 Å². The van der Waals surface area contributed by atoms with Gasteiger partial charge in [-0.05, 0) is 54.8 Å². The lowest BCUT2D eigenvalue weighted by molar-refractivity contribution is 0.414. The molecule has 0 aliphatic rings. The molecule has 0 radical (unpaired) electrons. The van der Waals surface area contributed by atoms with Crippen LogP contribution in [0.5, 0.6) is 5.75 Å². The summed E-state index contributed by atoms with van der Waals surface area (Å²) in [6, 6.07) is 16.1. The second kappa shape index (κ2) is 6.63. The minimum absolute atomic E-state index is 0.728. The Bertz CT molecular complexity index is 612. The molecule has 0 aromatic heterocycles. The fourth-order valence-electron chi connectivity index (χ4n) is 2.04. The molecule has 0 bridgehead atoms. The van der Waals surface area contributed by atoms with Gasteiger partial charge in [0.05, 0.1) is 18.7 Å². The molecule has 102 valence electrons. The van der Waals surface area contributed by atoms with E-state index in [9.17, 15) is 0 Å². The zero-order valence-electron chi connectivity index (χ0n) is 11.8. The van der Waals surface area contributed by atoms with Gasteiger partial charge in [0.25, 0.3) is 0 Å². The lowest BCUT2D eigenvalue weighted by Crippen LogP contribution is -2.05. The van der Waals surface area contributed by atoms with E-state index in [1.54, 1.807) is 7.11 Å². The van der Waals surface area contributed by atoms with E-state index in [0.717, 1.165) is 35.5 Å². The summed E-state index contributed by atoms with van der Waals surface area (Å²) in [5.41, 5.74) is 4.05. The fourth-order valence-corrected chi connectivity index (χ4v) is 2.04. The summed E-state index contributed by atoms with van der Waals surface area (Å²) < 4.78 is 5.14. The molecule has 0 fully saturated rings. The minimum atomic E-state index is 0.728. The molecule has 3 nitrogen and oxygen atoms in total. The average Bonchev–Trinajstić information content (AvgIpc) is 2.48. The van der Waals surface area contributed by atoms with Crippen LogP contribution >= 0.6 is 0 Å². The standard InChI is InChI=1S/C17H18N2O/c1-13-11-16(6-5-15(13)12-18)19-10-9-14-3-7-17(20-2)8-4-14/h3-8,11,19H,9-10H2,1-2H3. The molecule has 0 spiro atoms. The number of anilines is 1. The summed E-state index contributed by atoms with van der Waals surface area (Å²) in [5, 5.41) is 12.3. The second-order valence-electron chi connectivity index (χ2n) is 4.67. The first-order chi connectivity index (χ1) is 9.72. The van der Waals surface area contributed by atoms with Gasteiger partial charge in [-0.3, -0.25) is 0 Å². The Labute approximate surface area is 119 Å². The predicted molar refractivity (Wildman–Crippen MR) is 81.1 cm³/mol. The fraction of sp³-hybridized carbons (Fsp3) is 0.235. The highest BCUT2D eigenvalue weighted by molar-refractivity contribution is 5.51. The smallest absolute Gasteiger partial charge is 0.118 e. The van der Waals surface area contributed by atoms with Crippen LogP contribution in [0.15, 0.2) is 42.5 Å². The molecule has 0 aliphatic heterocycles. The number of nitrogens with one attached hydrogen (secondary N) is 1. The molecule has 0 saturated heterocycles. The van der Waals surface area contributed by atoms with Gasteiger partial charge in [-0.15, -0.1) is 0 Å². The second-order valence-corrected chi connectivity index (χ2v) is 4.67. The quantitative estimate of drug-likeness (QED) is 0.900. The summed E-state index contributed by atoms with van der Waals surface area (Å²) in [6.45, 7) is 2.81. The first-order valence-corrected chi connectivity index (χ1v) is 6.60. The van der Waals surface area contributed by atoms with E-state index in [1.807, 2.05) is 37.3 Å². The molecule has 0 saturated carbocycles. The van der Waals surface area contributed by atoms with Crippen molar-refractivity contribution in [2.24, 2.45) is 0 Å². The van der Waals surface area contributed by atoms with Crippen molar-refractivity contribution in [3.63, 3.8) is 0 Å². The van der Waals surface area contributed by atoms with Gasteiger partial charge < -0.3 is 10.1 Å². The maximum Gasteiger partial charge on any atom is 0.118 e. The van der Waals surface area contributed by atoms with Crippen molar-refractivity contribution in [3.05, 3.63) is 59.2 Å². The maximum atomic E-state index is 8.90. The molecule has 3 heteroatoms. The van der Waals surface area contributed by atoms with Crippen LogP contribution in [-0.2, 0) is 6.42 Å². The topological polar surface area (TPSA) is 45.0 Å². The van der Waals surface area contributed by atoms with Crippen molar-refractivity contribution in [2.75, 3.05) is 19.0 Å². The highest BCUT2D eigenvalue weighted by atomic mass is 16.5. The third kappa shape index (κ3) is 3.52. The zero-order chi connectivity index (χ0) is 14.4. The van der Waals surface area contributed by atoms with Crippen molar-refractivity contribution >= 4 is 5.69 Å². The number of nitriles is 1. The first-order valence-electron chi connectivity index (χ1n) is 6.60. The Morgan fingerprint density at radius 2 is 1.90 bits per heavy atom. The minimum Gasteiger partial charge on any atom is -0.497 e. The molecule has 2 aromatic rings. The summed E-state index contributed by atoms with van der Waals surface area (Å²) in [7, 11) is 1.67. The summed E-state index contributed by atoms with van der Waals surface area (Å²) in [4.78, 5) is 0. The van der Waals surface area contributed by atoms with E-state index < -0.39 is 0 Å². The molecule has 20 heavy (non-hydrogen) atoms. The number of hydrogen-bond donors (Lipinski definition) is 1. The van der Waals surface area contributed by atoms with Gasteiger partial charge in [0.2, 0.25) is 0 Å². The van der Waals surface area contributed by atoms with E-state index in [0.29, 0.717) is 0 Å². The maximum absolute atomic E-state index is 8.90. The average molecular weight is 266 g/mol. The van der Waals surface area contributed by atoms with Crippen LogP contribution < -0.4 is 10.1 Å². The van der Waals surface area contributed by atoms with Gasteiger partial charge in [0.1, 0.15) is 5.75 Å². The predicted octanol–water partition coefficient (Wildman–Crippen LogP) is 3.53. The molecular weight excluding hydrogens is 248 g/mol. The Kier molecular flexibility index (Phi) is 4.62. The van der Waals surface area contributed by atoms with E-state index in [2.05, 4.69) is 23.5 Å². The number of hydrogen-bond acceptors (Lipinski definition) is 3. The monoisotopic (exact) mass is 266 g/mol. The highest BCUT2D eigenvalue weighted by Crippen LogP contribution is 2.15. The number of nitrogens with zero attached hydrogens (tertiary/aromatic N) is 1. The largest absolute Gasteiger partial charge is 0.497 e.